The van der Waals surface area contributed by atoms with Gasteiger partial charge in [-0.05, 0) is 6.26 Å². The monoisotopic (exact) mass is 228 g/mol. The predicted molar refractivity (Wildman–Crippen MR) is 47.5 cm³/mol. The Morgan fingerprint density at radius 1 is 0.933 bits per heavy atom. The maximum absolute atomic E-state index is 13.3. The number of halogens is 3. The zero-order valence-electron chi connectivity index (χ0n) is 7.44. The summed E-state index contributed by atoms with van der Waals surface area (Å²) in [5, 5.41) is 17.0. The van der Waals surface area contributed by atoms with Gasteiger partial charge in [0.2, 0.25) is 0 Å². The van der Waals surface area contributed by atoms with Gasteiger partial charge in [-0.3, -0.25) is 0 Å². The second-order valence-electron chi connectivity index (χ2n) is 2.45. The Hall–Kier alpha value is -1.66. The molecule has 1 rings (SSSR count). The van der Waals surface area contributed by atoms with Gasteiger partial charge in [-0.1, -0.05) is 0 Å². The van der Waals surface area contributed by atoms with E-state index in [0.29, 0.717) is 11.8 Å². The molecule has 1 aromatic rings. The summed E-state index contributed by atoms with van der Waals surface area (Å²) in [7, 11) is 0. The van der Waals surface area contributed by atoms with E-state index in [1.54, 1.807) is 0 Å². The summed E-state index contributed by atoms with van der Waals surface area (Å²) in [5.74, 6) is -4.24. The second kappa shape index (κ2) is 4.24. The van der Waals surface area contributed by atoms with Crippen molar-refractivity contribution in [3.63, 3.8) is 0 Å². The number of hydrogen-bond acceptors (Lipinski definition) is 3. The molecular formula is C9H3F3N2S. The van der Waals surface area contributed by atoms with Crippen LogP contribution < -0.4 is 0 Å². The maximum Gasteiger partial charge on any atom is 0.180 e. The van der Waals surface area contributed by atoms with E-state index in [1.165, 1.54) is 18.4 Å². The number of rotatable bonds is 1. The molecule has 0 bridgehead atoms. The van der Waals surface area contributed by atoms with Crippen LogP contribution in [0.1, 0.15) is 11.1 Å². The van der Waals surface area contributed by atoms with E-state index in [-0.39, 0.29) is 0 Å². The SMILES string of the molecule is CSc1c(F)c(F)c(C#N)c(F)c1C#N. The van der Waals surface area contributed by atoms with Crippen molar-refractivity contribution in [3.8, 4) is 12.1 Å². The van der Waals surface area contributed by atoms with Gasteiger partial charge in [-0.2, -0.15) is 10.5 Å². The van der Waals surface area contributed by atoms with Gasteiger partial charge in [0.25, 0.3) is 0 Å². The van der Waals surface area contributed by atoms with Crippen LogP contribution in [0.5, 0.6) is 0 Å². The lowest BCUT2D eigenvalue weighted by molar-refractivity contribution is 0.472. The van der Waals surface area contributed by atoms with Gasteiger partial charge in [0.05, 0.1) is 4.90 Å². The van der Waals surface area contributed by atoms with Crippen LogP contribution in [0, 0.1) is 40.1 Å². The van der Waals surface area contributed by atoms with E-state index < -0.39 is 33.5 Å². The number of nitriles is 2. The van der Waals surface area contributed by atoms with Crippen LogP contribution in [-0.2, 0) is 0 Å². The van der Waals surface area contributed by atoms with Crippen LogP contribution in [0.15, 0.2) is 4.90 Å². The molecule has 6 heteroatoms. The highest BCUT2D eigenvalue weighted by Gasteiger charge is 2.24. The van der Waals surface area contributed by atoms with Crippen molar-refractivity contribution in [2.24, 2.45) is 0 Å². The van der Waals surface area contributed by atoms with Crippen LogP contribution >= 0.6 is 11.8 Å². The summed E-state index contributed by atoms with van der Waals surface area (Å²) < 4.78 is 39.6. The average Bonchev–Trinajstić information content (AvgIpc) is 2.23. The third kappa shape index (κ3) is 1.64. The molecule has 0 aromatic heterocycles. The minimum Gasteiger partial charge on any atom is -0.204 e. The first-order chi connectivity index (χ1) is 7.08. The Morgan fingerprint density at radius 3 is 1.87 bits per heavy atom. The molecule has 0 amide bonds. The van der Waals surface area contributed by atoms with Crippen molar-refractivity contribution in [3.05, 3.63) is 28.6 Å². The van der Waals surface area contributed by atoms with Crippen molar-refractivity contribution >= 4 is 11.8 Å². The van der Waals surface area contributed by atoms with Crippen LogP contribution in [-0.4, -0.2) is 6.26 Å². The summed E-state index contributed by atoms with van der Waals surface area (Å²) in [6.07, 6.45) is 1.38. The van der Waals surface area contributed by atoms with Crippen molar-refractivity contribution in [2.45, 2.75) is 4.90 Å². The fourth-order valence-electron chi connectivity index (χ4n) is 1.03. The largest absolute Gasteiger partial charge is 0.204 e. The molecule has 0 spiro atoms. The van der Waals surface area contributed by atoms with E-state index in [2.05, 4.69) is 0 Å². The molecule has 0 aliphatic rings. The van der Waals surface area contributed by atoms with Crippen molar-refractivity contribution < 1.29 is 13.2 Å². The molecule has 0 saturated heterocycles. The second-order valence-corrected chi connectivity index (χ2v) is 3.27. The summed E-state index contributed by atoms with van der Waals surface area (Å²) in [6, 6.07) is 2.58. The molecule has 0 N–H and O–H groups in total. The molecule has 76 valence electrons. The van der Waals surface area contributed by atoms with Gasteiger partial charge in [0, 0.05) is 0 Å². The zero-order valence-corrected chi connectivity index (χ0v) is 8.25. The lowest BCUT2D eigenvalue weighted by atomic mass is 10.1. The quantitative estimate of drug-likeness (QED) is 0.548. The molecule has 0 aliphatic heterocycles. The lowest BCUT2D eigenvalue weighted by Gasteiger charge is -2.06. The molecule has 0 saturated carbocycles. The summed E-state index contributed by atoms with van der Waals surface area (Å²) in [4.78, 5) is -0.425. The first kappa shape index (κ1) is 11.4. The molecule has 0 atom stereocenters. The number of thioether (sulfide) groups is 1. The third-order valence-corrected chi connectivity index (χ3v) is 2.50. The normalized spacial score (nSPS) is 9.47. The van der Waals surface area contributed by atoms with E-state index in [1.807, 2.05) is 0 Å². The average molecular weight is 228 g/mol. The standard InChI is InChI=1S/C9H3F3N2S/c1-15-9-5(3-14)6(10)4(2-13)7(11)8(9)12/h1H3. The molecule has 15 heavy (non-hydrogen) atoms. The molecule has 0 unspecified atom stereocenters. The lowest BCUT2D eigenvalue weighted by Crippen LogP contribution is -2.02. The first-order valence-corrected chi connectivity index (χ1v) is 4.85. The van der Waals surface area contributed by atoms with Gasteiger partial charge < -0.3 is 0 Å². The Kier molecular flexibility index (Phi) is 3.23. The Morgan fingerprint density at radius 2 is 1.47 bits per heavy atom. The maximum atomic E-state index is 13.3. The van der Waals surface area contributed by atoms with Gasteiger partial charge in [0.15, 0.2) is 17.5 Å². The Bertz CT molecular complexity index is 496. The van der Waals surface area contributed by atoms with E-state index in [9.17, 15) is 13.2 Å². The Labute approximate surface area is 87.9 Å². The highest BCUT2D eigenvalue weighted by atomic mass is 32.2. The zero-order chi connectivity index (χ0) is 11.6. The topological polar surface area (TPSA) is 47.6 Å². The highest BCUT2D eigenvalue weighted by Crippen LogP contribution is 2.30. The number of hydrogen-bond donors (Lipinski definition) is 0. The van der Waals surface area contributed by atoms with Crippen molar-refractivity contribution in [1.29, 1.82) is 10.5 Å². The van der Waals surface area contributed by atoms with Crippen LogP contribution in [0.2, 0.25) is 0 Å². The molecule has 0 fully saturated rings. The van der Waals surface area contributed by atoms with Crippen molar-refractivity contribution in [2.75, 3.05) is 6.26 Å². The highest BCUT2D eigenvalue weighted by molar-refractivity contribution is 7.98. The van der Waals surface area contributed by atoms with E-state index in [0.717, 1.165) is 0 Å². The van der Waals surface area contributed by atoms with Crippen molar-refractivity contribution in [1.82, 2.24) is 0 Å². The van der Waals surface area contributed by atoms with Gasteiger partial charge in [-0.15, -0.1) is 11.8 Å². The molecule has 1 aromatic carbocycles. The van der Waals surface area contributed by atoms with Crippen LogP contribution in [0.4, 0.5) is 13.2 Å². The van der Waals surface area contributed by atoms with E-state index >= 15 is 0 Å². The van der Waals surface area contributed by atoms with Gasteiger partial charge in [0.1, 0.15) is 23.3 Å². The fraction of sp³-hybridized carbons (Fsp3) is 0.111. The van der Waals surface area contributed by atoms with Gasteiger partial charge >= 0.3 is 0 Å². The van der Waals surface area contributed by atoms with Crippen LogP contribution in [0.25, 0.3) is 0 Å². The minimum atomic E-state index is -1.56. The van der Waals surface area contributed by atoms with E-state index in [4.69, 9.17) is 10.5 Å². The molecule has 0 aliphatic carbocycles. The number of benzene rings is 1. The first-order valence-electron chi connectivity index (χ1n) is 3.63. The predicted octanol–water partition coefficient (Wildman–Crippen LogP) is 2.57. The molecule has 0 radical (unpaired) electrons. The Balaban J connectivity index is 3.77. The summed E-state index contributed by atoms with van der Waals surface area (Å²) in [6.45, 7) is 0. The smallest absolute Gasteiger partial charge is 0.180 e. The summed E-state index contributed by atoms with van der Waals surface area (Å²) in [5.41, 5.74) is -1.71. The molecular weight excluding hydrogens is 225 g/mol. The third-order valence-electron chi connectivity index (χ3n) is 1.71. The summed E-state index contributed by atoms with van der Waals surface area (Å²) >= 11 is 0.707. The van der Waals surface area contributed by atoms with Crippen LogP contribution in [0.3, 0.4) is 0 Å². The van der Waals surface area contributed by atoms with Gasteiger partial charge in [-0.25, -0.2) is 13.2 Å². The minimum absolute atomic E-state index is 0.425. The fourth-order valence-corrected chi connectivity index (χ4v) is 1.64. The molecule has 0 heterocycles. The molecule has 2 nitrogen and oxygen atoms in total. The number of nitrogens with zero attached hydrogens (tertiary/aromatic N) is 2.